The van der Waals surface area contributed by atoms with Crippen LogP contribution in [0.1, 0.15) is 12.7 Å². The molecule has 0 unspecified atom stereocenters. The Bertz CT molecular complexity index is 1150. The van der Waals surface area contributed by atoms with Crippen molar-refractivity contribution in [3.63, 3.8) is 0 Å². The van der Waals surface area contributed by atoms with Crippen LogP contribution >= 0.6 is 11.8 Å². The summed E-state index contributed by atoms with van der Waals surface area (Å²) in [7, 11) is 1.94. The summed E-state index contributed by atoms with van der Waals surface area (Å²) in [5, 5.41) is 11.3. The lowest BCUT2D eigenvalue weighted by molar-refractivity contribution is -0.118. The molecule has 0 aliphatic carbocycles. The van der Waals surface area contributed by atoms with Crippen LogP contribution < -0.4 is 10.1 Å². The van der Waals surface area contributed by atoms with Gasteiger partial charge in [-0.05, 0) is 43.3 Å². The second-order valence-electron chi connectivity index (χ2n) is 6.47. The van der Waals surface area contributed by atoms with E-state index in [1.54, 1.807) is 0 Å². The molecule has 0 bridgehead atoms. The number of hydrogen-bond donors (Lipinski definition) is 1. The summed E-state index contributed by atoms with van der Waals surface area (Å²) in [5.74, 6) is 2.03. The summed E-state index contributed by atoms with van der Waals surface area (Å²) in [6.45, 7) is 2.90. The van der Waals surface area contributed by atoms with E-state index in [9.17, 15) is 4.79 Å². The molecule has 4 aromatic rings. The van der Waals surface area contributed by atoms with E-state index in [1.807, 2.05) is 67.1 Å². The Hall–Kier alpha value is -3.33. The minimum Gasteiger partial charge on any atom is -0.494 e. The highest BCUT2D eigenvalue weighted by Crippen LogP contribution is 2.25. The number of nitrogens with one attached hydrogen (secondary N) is 1. The average molecular weight is 423 g/mol. The molecule has 30 heavy (non-hydrogen) atoms. The summed E-state index contributed by atoms with van der Waals surface area (Å²) < 4.78 is 13.0. The molecular weight excluding hydrogens is 402 g/mol. The molecule has 2 aromatic heterocycles. The molecule has 0 saturated heterocycles. The zero-order chi connectivity index (χ0) is 20.9. The van der Waals surface area contributed by atoms with E-state index in [1.165, 1.54) is 11.8 Å². The fourth-order valence-corrected chi connectivity index (χ4v) is 3.55. The number of hydrogen-bond acceptors (Lipinski definition) is 7. The highest BCUT2D eigenvalue weighted by atomic mass is 32.2. The highest BCUT2D eigenvalue weighted by molar-refractivity contribution is 7.99. The molecule has 0 atom stereocenters. The largest absolute Gasteiger partial charge is 0.494 e. The maximum atomic E-state index is 12.2. The molecule has 9 heteroatoms. The lowest BCUT2D eigenvalue weighted by Crippen LogP contribution is -2.26. The average Bonchev–Trinajstić information content (AvgIpc) is 3.37. The van der Waals surface area contributed by atoms with Gasteiger partial charge in [0.25, 0.3) is 5.22 Å². The Kier molecular flexibility index (Phi) is 5.99. The number of fused-ring (bicyclic) bond motifs is 1. The summed E-state index contributed by atoms with van der Waals surface area (Å²) >= 11 is 1.20. The molecule has 154 valence electrons. The predicted octanol–water partition coefficient (Wildman–Crippen LogP) is 3.43. The van der Waals surface area contributed by atoms with Gasteiger partial charge < -0.3 is 19.0 Å². The van der Waals surface area contributed by atoms with E-state index >= 15 is 0 Å². The fourth-order valence-electron chi connectivity index (χ4n) is 2.95. The predicted molar refractivity (Wildman–Crippen MR) is 114 cm³/mol. The number of amides is 1. The van der Waals surface area contributed by atoms with Gasteiger partial charge in [0.1, 0.15) is 11.6 Å². The van der Waals surface area contributed by atoms with Crippen molar-refractivity contribution in [3.05, 3.63) is 54.4 Å². The number of thioether (sulfide) groups is 1. The van der Waals surface area contributed by atoms with Gasteiger partial charge in [-0.3, -0.25) is 4.79 Å². The van der Waals surface area contributed by atoms with E-state index < -0.39 is 0 Å². The molecular formula is C21H21N5O3S. The first-order chi connectivity index (χ1) is 14.6. The number of nitrogens with zero attached hydrogens (tertiary/aromatic N) is 4. The van der Waals surface area contributed by atoms with Crippen molar-refractivity contribution in [2.75, 3.05) is 12.4 Å². The molecule has 0 aliphatic rings. The first kappa shape index (κ1) is 20.0. The summed E-state index contributed by atoms with van der Waals surface area (Å²) in [6.07, 6.45) is 0. The zero-order valence-electron chi connectivity index (χ0n) is 16.7. The quantitative estimate of drug-likeness (QED) is 0.434. The van der Waals surface area contributed by atoms with E-state index in [2.05, 4.69) is 20.5 Å². The number of benzene rings is 2. The van der Waals surface area contributed by atoms with Crippen LogP contribution in [0.15, 0.2) is 58.2 Å². The molecule has 0 aliphatic heterocycles. The zero-order valence-corrected chi connectivity index (χ0v) is 17.5. The van der Waals surface area contributed by atoms with Crippen molar-refractivity contribution in [2.24, 2.45) is 7.05 Å². The van der Waals surface area contributed by atoms with Gasteiger partial charge >= 0.3 is 0 Å². The van der Waals surface area contributed by atoms with Crippen molar-refractivity contribution in [3.8, 4) is 17.2 Å². The fraction of sp³-hybridized carbons (Fsp3) is 0.238. The van der Waals surface area contributed by atoms with Crippen LogP contribution in [0, 0.1) is 0 Å². The Morgan fingerprint density at radius 1 is 1.17 bits per heavy atom. The molecule has 0 fully saturated rings. The van der Waals surface area contributed by atoms with Crippen molar-refractivity contribution < 1.29 is 13.9 Å². The molecule has 2 heterocycles. The molecule has 0 radical (unpaired) electrons. The lowest BCUT2D eigenvalue weighted by atomic mass is 10.2. The number of para-hydroxylation sites is 2. The maximum Gasteiger partial charge on any atom is 0.277 e. The number of aromatic nitrogens is 4. The van der Waals surface area contributed by atoms with E-state index in [0.717, 1.165) is 28.2 Å². The smallest absolute Gasteiger partial charge is 0.277 e. The minimum atomic E-state index is -0.132. The third kappa shape index (κ3) is 4.46. The van der Waals surface area contributed by atoms with Gasteiger partial charge in [0, 0.05) is 12.6 Å². The first-order valence-electron chi connectivity index (χ1n) is 9.50. The third-order valence-electron chi connectivity index (χ3n) is 4.47. The van der Waals surface area contributed by atoms with Crippen LogP contribution in [-0.2, 0) is 18.4 Å². The van der Waals surface area contributed by atoms with Gasteiger partial charge in [-0.15, -0.1) is 10.2 Å². The van der Waals surface area contributed by atoms with Gasteiger partial charge in [-0.1, -0.05) is 23.9 Å². The second-order valence-corrected chi connectivity index (χ2v) is 7.40. The molecule has 8 nitrogen and oxygen atoms in total. The monoisotopic (exact) mass is 423 g/mol. The van der Waals surface area contributed by atoms with E-state index in [4.69, 9.17) is 9.15 Å². The van der Waals surface area contributed by atoms with Crippen LogP contribution in [0.2, 0.25) is 0 Å². The first-order valence-corrected chi connectivity index (χ1v) is 10.5. The number of rotatable bonds is 8. The van der Waals surface area contributed by atoms with Crippen molar-refractivity contribution in [2.45, 2.75) is 18.7 Å². The standard InChI is InChI=1S/C21H21N5O3S/c1-3-28-15-10-8-14(9-11-15)20-24-25-21(29-20)30-13-19(27)22-12-18-23-16-6-4-5-7-17(16)26(18)2/h4-11H,3,12-13H2,1-2H3,(H,22,27). The number of ether oxygens (including phenoxy) is 1. The highest BCUT2D eigenvalue weighted by Gasteiger charge is 2.13. The van der Waals surface area contributed by atoms with Crippen LogP contribution in [0.5, 0.6) is 5.75 Å². The molecule has 2 aromatic carbocycles. The topological polar surface area (TPSA) is 95.1 Å². The van der Waals surface area contributed by atoms with E-state index in [-0.39, 0.29) is 11.7 Å². The molecule has 0 spiro atoms. The van der Waals surface area contributed by atoms with Crippen molar-refractivity contribution >= 4 is 28.7 Å². The van der Waals surface area contributed by atoms with Crippen molar-refractivity contribution in [1.29, 1.82) is 0 Å². The summed E-state index contributed by atoms with van der Waals surface area (Å²) in [5.41, 5.74) is 2.74. The molecule has 1 N–H and O–H groups in total. The Morgan fingerprint density at radius 3 is 2.73 bits per heavy atom. The van der Waals surface area contributed by atoms with Gasteiger partial charge in [-0.2, -0.15) is 0 Å². The molecule has 0 saturated carbocycles. The molecule has 1 amide bonds. The van der Waals surface area contributed by atoms with Gasteiger partial charge in [-0.25, -0.2) is 4.98 Å². The third-order valence-corrected chi connectivity index (χ3v) is 5.29. The Morgan fingerprint density at radius 2 is 1.97 bits per heavy atom. The second kappa shape index (κ2) is 9.00. The SMILES string of the molecule is CCOc1ccc(-c2nnc(SCC(=O)NCc3nc4ccccc4n3C)o2)cc1. The Balaban J connectivity index is 1.30. The summed E-state index contributed by atoms with van der Waals surface area (Å²) in [4.78, 5) is 16.8. The van der Waals surface area contributed by atoms with Gasteiger partial charge in [0.05, 0.1) is 29.9 Å². The van der Waals surface area contributed by atoms with E-state index in [0.29, 0.717) is 24.3 Å². The van der Waals surface area contributed by atoms with Crippen LogP contribution in [-0.4, -0.2) is 38.0 Å². The minimum absolute atomic E-state index is 0.132. The molecule has 4 rings (SSSR count). The van der Waals surface area contributed by atoms with Crippen LogP contribution in [0.25, 0.3) is 22.5 Å². The lowest BCUT2D eigenvalue weighted by Gasteiger charge is -2.04. The maximum absolute atomic E-state index is 12.2. The number of carbonyl (C=O) groups excluding carboxylic acids is 1. The number of imidazole rings is 1. The summed E-state index contributed by atoms with van der Waals surface area (Å²) in [6, 6.07) is 15.3. The van der Waals surface area contributed by atoms with Crippen molar-refractivity contribution in [1.82, 2.24) is 25.1 Å². The van der Waals surface area contributed by atoms with Crippen LogP contribution in [0.4, 0.5) is 0 Å². The van der Waals surface area contributed by atoms with Gasteiger partial charge in [0.15, 0.2) is 0 Å². The van der Waals surface area contributed by atoms with Crippen LogP contribution in [0.3, 0.4) is 0 Å². The normalized spacial score (nSPS) is 11.0. The Labute approximate surface area is 177 Å². The van der Waals surface area contributed by atoms with Gasteiger partial charge in [0.2, 0.25) is 11.8 Å². The number of carbonyl (C=O) groups is 1. The number of aryl methyl sites for hydroxylation is 1.